The average Bonchev–Trinajstić information content (AvgIpc) is 2.84. The van der Waals surface area contributed by atoms with Gasteiger partial charge in [0.15, 0.2) is 12.4 Å². The number of pyridine rings is 2. The molecular weight excluding hydrogens is 553 g/mol. The van der Waals surface area contributed by atoms with Gasteiger partial charge in [-0.3, -0.25) is 4.57 Å². The highest BCUT2D eigenvalue weighted by molar-refractivity contribution is 8.24. The van der Waals surface area contributed by atoms with Crippen LogP contribution in [-0.4, -0.2) is 19.2 Å². The summed E-state index contributed by atoms with van der Waals surface area (Å²) in [6.07, 6.45) is 4.67. The molecule has 6 nitrogen and oxygen atoms in total. The third-order valence-corrected chi connectivity index (χ3v) is 4.58. The van der Waals surface area contributed by atoms with E-state index in [1.165, 1.54) is 12.4 Å². The van der Waals surface area contributed by atoms with Crippen molar-refractivity contribution in [3.05, 3.63) is 102 Å². The molecule has 2 heterocycles. The Morgan fingerprint density at radius 1 is 0.743 bits per heavy atom. The van der Waals surface area contributed by atoms with Gasteiger partial charge in [-0.2, -0.15) is 4.73 Å². The van der Waals surface area contributed by atoms with E-state index in [0.29, 0.717) is 5.15 Å². The molecule has 0 aliphatic heterocycles. The van der Waals surface area contributed by atoms with Crippen molar-refractivity contribution in [3.63, 3.8) is 0 Å². The third kappa shape index (κ3) is 11.2. The first-order valence-electron chi connectivity index (χ1n) is 9.87. The van der Waals surface area contributed by atoms with Gasteiger partial charge in [0.05, 0.1) is 14.2 Å². The van der Waals surface area contributed by atoms with E-state index in [0.717, 1.165) is 38.5 Å². The molecule has 0 saturated heterocycles. The summed E-state index contributed by atoms with van der Waals surface area (Å²) in [6.45, 7) is 0. The highest BCUT2D eigenvalue weighted by atomic mass is 36.0. The monoisotopic (exact) mass is 572 g/mol. The Bertz CT molecular complexity index is 1230. The normalized spacial score (nSPS) is 10.2. The topological polar surface area (TPSA) is 75.4 Å². The van der Waals surface area contributed by atoms with Crippen LogP contribution in [-0.2, 0) is 4.57 Å². The molecule has 0 unspecified atom stereocenters. The summed E-state index contributed by atoms with van der Waals surface area (Å²) in [5.41, 5.74) is 4.24. The zero-order chi connectivity index (χ0) is 25.8. The van der Waals surface area contributed by atoms with Gasteiger partial charge in [-0.15, -0.1) is 0 Å². The molecule has 4 rings (SSSR count). The molecule has 11 heteroatoms. The highest BCUT2D eigenvalue weighted by Crippen LogP contribution is 2.61. The van der Waals surface area contributed by atoms with Crippen molar-refractivity contribution in [3.8, 4) is 33.8 Å². The second-order valence-corrected chi connectivity index (χ2v) is 13.7. The number of nitrogens with zero attached hydrogens (tertiary/aromatic N) is 2. The zero-order valence-electron chi connectivity index (χ0n) is 18.6. The van der Waals surface area contributed by atoms with Crippen LogP contribution in [0.4, 0.5) is 0 Å². The van der Waals surface area contributed by atoms with Crippen LogP contribution in [0.2, 0.25) is 5.15 Å². The molecule has 0 aliphatic carbocycles. The van der Waals surface area contributed by atoms with E-state index in [1.807, 2.05) is 60.7 Å². The Kier molecular flexibility index (Phi) is 11.7. The molecule has 184 valence electrons. The first kappa shape index (κ1) is 28.8. The van der Waals surface area contributed by atoms with Crippen LogP contribution in [0.25, 0.3) is 22.3 Å². The third-order valence-electron chi connectivity index (χ3n) is 4.38. The summed E-state index contributed by atoms with van der Waals surface area (Å²) in [5, 5.41) is 8.13. The fourth-order valence-corrected chi connectivity index (χ4v) is 2.93. The Labute approximate surface area is 223 Å². The van der Waals surface area contributed by atoms with Crippen LogP contribution in [0.3, 0.4) is 0 Å². The van der Waals surface area contributed by atoms with Gasteiger partial charge in [0, 0.05) is 18.3 Å². The van der Waals surface area contributed by atoms with Crippen LogP contribution in [0.1, 0.15) is 0 Å². The number of aromatic nitrogens is 2. The zero-order valence-corrected chi connectivity index (χ0v) is 22.6. The molecule has 0 saturated carbocycles. The Balaban J connectivity index is 0.000000208. The van der Waals surface area contributed by atoms with Crippen LogP contribution < -0.4 is 14.2 Å². The van der Waals surface area contributed by atoms with Crippen LogP contribution in [0, 0.1) is 5.21 Å². The molecule has 35 heavy (non-hydrogen) atoms. The lowest BCUT2D eigenvalue weighted by Crippen LogP contribution is -2.23. The van der Waals surface area contributed by atoms with Crippen molar-refractivity contribution in [2.75, 3.05) is 14.2 Å². The van der Waals surface area contributed by atoms with Crippen molar-refractivity contribution in [1.29, 1.82) is 0 Å². The summed E-state index contributed by atoms with van der Waals surface area (Å²) in [5.74, 6) is 1.67. The SMILES string of the molecule is COc1ccc(-c2cc[n+]([O-])cc2)cc1.COc1ccc(-c2ccnc(Cl)c2)cc1.O=P(Cl)(Cl)Cl. The predicted octanol–water partition coefficient (Wildman–Crippen LogP) is 8.22. The molecule has 4 aromatic rings. The van der Waals surface area contributed by atoms with E-state index >= 15 is 0 Å². The number of rotatable bonds is 4. The highest BCUT2D eigenvalue weighted by Gasteiger charge is 2.03. The van der Waals surface area contributed by atoms with E-state index < -0.39 is 5.20 Å². The maximum atomic E-state index is 10.9. The molecule has 0 spiro atoms. The number of methoxy groups -OCH3 is 2. The smallest absolute Gasteiger partial charge is 0.339 e. The van der Waals surface area contributed by atoms with E-state index in [2.05, 4.69) is 38.7 Å². The molecule has 0 amide bonds. The first-order chi connectivity index (χ1) is 16.6. The Morgan fingerprint density at radius 2 is 1.14 bits per heavy atom. The summed E-state index contributed by atoms with van der Waals surface area (Å²) in [4.78, 5) is 3.94. The molecule has 0 aliphatic rings. The second kappa shape index (κ2) is 14.2. The summed E-state index contributed by atoms with van der Waals surface area (Å²) < 4.78 is 20.4. The molecule has 2 aromatic heterocycles. The van der Waals surface area contributed by atoms with Gasteiger partial charge in [0.2, 0.25) is 0 Å². The number of hydrogen-bond donors (Lipinski definition) is 0. The summed E-state index contributed by atoms with van der Waals surface area (Å²) >= 11 is 19.7. The maximum absolute atomic E-state index is 10.9. The lowest BCUT2D eigenvalue weighted by atomic mass is 10.1. The Hall–Kier alpha value is -2.47. The number of ether oxygens (including phenoxy) is 2. The van der Waals surface area contributed by atoms with Crippen molar-refractivity contribution in [2.45, 2.75) is 0 Å². The van der Waals surface area contributed by atoms with Crippen LogP contribution in [0.15, 0.2) is 91.4 Å². The molecule has 0 N–H and O–H groups in total. The van der Waals surface area contributed by atoms with Crippen LogP contribution >= 0.6 is 50.5 Å². The van der Waals surface area contributed by atoms with Gasteiger partial charge in [-0.05, 0) is 92.4 Å². The van der Waals surface area contributed by atoms with E-state index in [4.69, 9.17) is 21.1 Å². The van der Waals surface area contributed by atoms with Gasteiger partial charge in [0.1, 0.15) is 16.7 Å². The molecule has 0 fully saturated rings. The van der Waals surface area contributed by atoms with Gasteiger partial charge in [-0.1, -0.05) is 35.9 Å². The number of hydrogen-bond acceptors (Lipinski definition) is 5. The van der Waals surface area contributed by atoms with Crippen molar-refractivity contribution in [1.82, 2.24) is 4.98 Å². The Morgan fingerprint density at radius 3 is 1.54 bits per heavy atom. The van der Waals surface area contributed by atoms with Crippen molar-refractivity contribution < 1.29 is 18.8 Å². The lowest BCUT2D eigenvalue weighted by Gasteiger charge is -2.03. The molecule has 0 radical (unpaired) electrons. The second-order valence-electron chi connectivity index (χ2n) is 6.67. The fraction of sp³-hybridized carbons (Fsp3) is 0.0833. The number of halogens is 4. The molecule has 2 aromatic carbocycles. The predicted molar refractivity (Wildman–Crippen MR) is 144 cm³/mol. The van der Waals surface area contributed by atoms with Crippen LogP contribution in [0.5, 0.6) is 11.5 Å². The van der Waals surface area contributed by atoms with Crippen molar-refractivity contribution in [2.24, 2.45) is 0 Å². The minimum Gasteiger partial charge on any atom is -0.619 e. The van der Waals surface area contributed by atoms with E-state index in [1.54, 1.807) is 32.5 Å². The molecule has 0 bridgehead atoms. The minimum absolute atomic E-state index is 0.503. The fourth-order valence-electron chi connectivity index (χ4n) is 2.75. The largest absolute Gasteiger partial charge is 0.619 e. The standard InChI is InChI=1S/C12H10ClNO.C12H11NO2.Cl3OP/c1-15-11-4-2-9(3-5-11)10-6-7-14-12(13)8-10;1-15-12-4-2-10(3-5-12)11-6-8-13(14)9-7-11;1-5(2,3)4/h2-8H,1H3;2-9H,1H3;. The summed E-state index contributed by atoms with van der Waals surface area (Å²) in [6, 6.07) is 22.9. The van der Waals surface area contributed by atoms with Crippen molar-refractivity contribution >= 4 is 50.5 Å². The van der Waals surface area contributed by atoms with E-state index in [9.17, 15) is 9.77 Å². The quantitative estimate of drug-likeness (QED) is 0.106. The number of benzene rings is 2. The van der Waals surface area contributed by atoms with E-state index in [-0.39, 0.29) is 0 Å². The maximum Gasteiger partial charge on any atom is 0.339 e. The molecule has 0 atom stereocenters. The lowest BCUT2D eigenvalue weighted by molar-refractivity contribution is -0.605. The van der Waals surface area contributed by atoms with Gasteiger partial charge >= 0.3 is 5.20 Å². The van der Waals surface area contributed by atoms with Gasteiger partial charge in [-0.25, -0.2) is 4.98 Å². The van der Waals surface area contributed by atoms with Gasteiger partial charge < -0.3 is 14.7 Å². The average molecular weight is 574 g/mol. The first-order valence-corrected chi connectivity index (χ1v) is 14.7. The van der Waals surface area contributed by atoms with Gasteiger partial charge in [0.25, 0.3) is 0 Å². The minimum atomic E-state index is -3.22. The molecular formula is C24H21Cl4N2O4P. The summed E-state index contributed by atoms with van der Waals surface area (Å²) in [7, 11) is 3.29.